The number of sulfonamides is 1. The lowest BCUT2D eigenvalue weighted by molar-refractivity contribution is 0.0882. The number of ether oxygens (including phenoxy) is 2. The summed E-state index contributed by atoms with van der Waals surface area (Å²) in [7, 11) is -4.44. The maximum absolute atomic E-state index is 16.0. The number of fused-ring (bicyclic) bond motifs is 1. The quantitative estimate of drug-likeness (QED) is 0.179. The van der Waals surface area contributed by atoms with Gasteiger partial charge in [0.2, 0.25) is 15.9 Å². The van der Waals surface area contributed by atoms with Crippen molar-refractivity contribution in [1.82, 2.24) is 28.9 Å². The SMILES string of the molecule is COc1nccc(-c2ncc(F)c(-c3ccc4c(-c5nccn5COCC[Si](C)(C)C)ncn4c3)c2F)c1S(N)(=O)=O. The maximum atomic E-state index is 16.0. The minimum Gasteiger partial charge on any atom is -0.480 e. The Labute approximate surface area is 242 Å². The van der Waals surface area contributed by atoms with Crippen LogP contribution in [-0.2, 0) is 21.5 Å². The molecule has 0 bridgehead atoms. The summed E-state index contributed by atoms with van der Waals surface area (Å²) < 4.78 is 70.1. The molecule has 0 saturated carbocycles. The van der Waals surface area contributed by atoms with Gasteiger partial charge in [0.15, 0.2) is 22.4 Å². The van der Waals surface area contributed by atoms with Crippen molar-refractivity contribution in [2.45, 2.75) is 37.3 Å². The summed E-state index contributed by atoms with van der Waals surface area (Å²) in [5, 5.41) is 5.37. The van der Waals surface area contributed by atoms with Crippen LogP contribution in [0.4, 0.5) is 8.78 Å². The van der Waals surface area contributed by atoms with Gasteiger partial charge in [-0.05, 0) is 18.2 Å². The first-order chi connectivity index (χ1) is 19.9. The van der Waals surface area contributed by atoms with Crippen molar-refractivity contribution in [2.24, 2.45) is 5.14 Å². The summed E-state index contributed by atoms with van der Waals surface area (Å²) in [6, 6.07) is 5.47. The van der Waals surface area contributed by atoms with Crippen LogP contribution in [0.15, 0.2) is 60.4 Å². The molecule has 5 heterocycles. The number of nitrogens with two attached hydrogens (primary N) is 1. The smallest absolute Gasteiger partial charge is 0.244 e. The van der Waals surface area contributed by atoms with Gasteiger partial charge in [-0.25, -0.2) is 37.3 Å². The molecule has 0 unspecified atom stereocenters. The number of aromatic nitrogens is 6. The van der Waals surface area contributed by atoms with Crippen LogP contribution >= 0.6 is 0 Å². The summed E-state index contributed by atoms with van der Waals surface area (Å²) in [6.07, 6.45) is 8.52. The topological polar surface area (TPSA) is 140 Å². The molecular formula is C27H29F2N7O4SSi. The zero-order valence-electron chi connectivity index (χ0n) is 23.4. The molecule has 5 rings (SSSR count). The molecule has 5 aromatic heterocycles. The van der Waals surface area contributed by atoms with Crippen LogP contribution in [0.25, 0.3) is 39.4 Å². The largest absolute Gasteiger partial charge is 0.480 e. The predicted octanol–water partition coefficient (Wildman–Crippen LogP) is 4.57. The van der Waals surface area contributed by atoms with E-state index in [1.165, 1.54) is 38.0 Å². The number of methoxy groups -OCH3 is 1. The zero-order valence-corrected chi connectivity index (χ0v) is 25.2. The number of halogens is 2. The molecule has 2 N–H and O–H groups in total. The van der Waals surface area contributed by atoms with E-state index in [1.54, 1.807) is 22.9 Å². The molecule has 220 valence electrons. The van der Waals surface area contributed by atoms with Gasteiger partial charge in [0.05, 0.1) is 24.4 Å². The highest BCUT2D eigenvalue weighted by molar-refractivity contribution is 7.89. The molecule has 0 amide bonds. The molecule has 0 aliphatic heterocycles. The highest BCUT2D eigenvalue weighted by Crippen LogP contribution is 2.37. The Morgan fingerprint density at radius 3 is 2.52 bits per heavy atom. The summed E-state index contributed by atoms with van der Waals surface area (Å²) in [5.41, 5.74) is 0.329. The van der Waals surface area contributed by atoms with Crippen LogP contribution < -0.4 is 9.88 Å². The van der Waals surface area contributed by atoms with E-state index in [-0.39, 0.29) is 17.0 Å². The van der Waals surface area contributed by atoms with E-state index in [0.29, 0.717) is 30.4 Å². The second-order valence-electron chi connectivity index (χ2n) is 10.8. The van der Waals surface area contributed by atoms with E-state index in [9.17, 15) is 8.42 Å². The number of rotatable bonds is 10. The van der Waals surface area contributed by atoms with Crippen LogP contribution in [0.3, 0.4) is 0 Å². The van der Waals surface area contributed by atoms with Gasteiger partial charge in [0, 0.05) is 50.6 Å². The minimum absolute atomic E-state index is 0.168. The average molecular weight is 614 g/mol. The first kappa shape index (κ1) is 29.4. The normalized spacial score (nSPS) is 12.3. The van der Waals surface area contributed by atoms with Gasteiger partial charge < -0.3 is 18.4 Å². The fraction of sp³-hybridized carbons (Fsp3) is 0.259. The molecule has 15 heteroatoms. The Balaban J connectivity index is 1.52. The van der Waals surface area contributed by atoms with Crippen LogP contribution in [0, 0.1) is 11.6 Å². The van der Waals surface area contributed by atoms with Gasteiger partial charge >= 0.3 is 0 Å². The zero-order chi connectivity index (χ0) is 30.2. The lowest BCUT2D eigenvalue weighted by atomic mass is 10.0. The van der Waals surface area contributed by atoms with Crippen molar-refractivity contribution in [3.05, 3.63) is 67.1 Å². The molecule has 0 radical (unpaired) electrons. The van der Waals surface area contributed by atoms with Crippen LogP contribution in [0.1, 0.15) is 0 Å². The van der Waals surface area contributed by atoms with Gasteiger partial charge in [0.1, 0.15) is 24.4 Å². The van der Waals surface area contributed by atoms with Gasteiger partial charge in [0.25, 0.3) is 0 Å². The summed E-state index contributed by atoms with van der Waals surface area (Å²) in [5.74, 6) is -1.78. The van der Waals surface area contributed by atoms with E-state index in [1.807, 2.05) is 4.57 Å². The molecule has 0 fully saturated rings. The number of primary sulfonamides is 1. The lowest BCUT2D eigenvalue weighted by Crippen LogP contribution is -2.22. The molecule has 5 aromatic rings. The first-order valence-corrected chi connectivity index (χ1v) is 18.1. The van der Waals surface area contributed by atoms with Crippen molar-refractivity contribution < 1.29 is 26.7 Å². The second-order valence-corrected chi connectivity index (χ2v) is 17.9. The highest BCUT2D eigenvalue weighted by Gasteiger charge is 2.27. The first-order valence-electron chi connectivity index (χ1n) is 12.9. The average Bonchev–Trinajstić information content (AvgIpc) is 3.56. The third-order valence-electron chi connectivity index (χ3n) is 6.55. The summed E-state index contributed by atoms with van der Waals surface area (Å²) >= 11 is 0. The number of imidazole rings is 2. The number of pyridine rings is 3. The van der Waals surface area contributed by atoms with Crippen molar-refractivity contribution in [3.63, 3.8) is 0 Å². The standard InChI is InChI=1S/C27H29F2N7O4SSi/c1-39-27-25(41(30,37)38)18(7-8-32-27)23-22(29)21(19(28)13-33-23)17-5-6-20-24(34-15-36(20)14-17)26-31-9-10-35(26)16-40-11-12-42(2,3)4/h5-10,13-15H,11-12,16H2,1-4H3,(H2,30,37,38). The fourth-order valence-electron chi connectivity index (χ4n) is 4.45. The van der Waals surface area contributed by atoms with Gasteiger partial charge in [-0.3, -0.25) is 4.98 Å². The third-order valence-corrected chi connectivity index (χ3v) is 9.22. The lowest BCUT2D eigenvalue weighted by Gasteiger charge is -2.16. The van der Waals surface area contributed by atoms with Gasteiger partial charge in [-0.1, -0.05) is 25.7 Å². The van der Waals surface area contributed by atoms with Gasteiger partial charge in [-0.15, -0.1) is 0 Å². The van der Waals surface area contributed by atoms with Crippen molar-refractivity contribution in [1.29, 1.82) is 0 Å². The predicted molar refractivity (Wildman–Crippen MR) is 155 cm³/mol. The van der Waals surface area contributed by atoms with E-state index in [4.69, 9.17) is 14.6 Å². The van der Waals surface area contributed by atoms with Crippen LogP contribution in [-0.4, -0.2) is 59.1 Å². The second kappa shape index (κ2) is 11.3. The Morgan fingerprint density at radius 1 is 1.02 bits per heavy atom. The Kier molecular flexibility index (Phi) is 7.93. The van der Waals surface area contributed by atoms with Crippen LogP contribution in [0.2, 0.25) is 25.7 Å². The number of hydrogen-bond acceptors (Lipinski definition) is 8. The molecule has 0 atom stereocenters. The van der Waals surface area contributed by atoms with E-state index >= 15 is 8.78 Å². The van der Waals surface area contributed by atoms with E-state index in [2.05, 4.69) is 39.6 Å². The summed E-state index contributed by atoms with van der Waals surface area (Å²) in [4.78, 5) is 16.1. The van der Waals surface area contributed by atoms with Crippen molar-refractivity contribution in [2.75, 3.05) is 13.7 Å². The molecule has 0 aliphatic rings. The molecule has 11 nitrogen and oxygen atoms in total. The minimum atomic E-state index is -4.41. The Bertz CT molecular complexity index is 1890. The molecule has 42 heavy (non-hydrogen) atoms. The van der Waals surface area contributed by atoms with Gasteiger partial charge in [-0.2, -0.15) is 0 Å². The molecule has 0 spiro atoms. The van der Waals surface area contributed by atoms with E-state index in [0.717, 1.165) is 12.2 Å². The number of nitrogens with zero attached hydrogens (tertiary/aromatic N) is 6. The highest BCUT2D eigenvalue weighted by atomic mass is 32.2. The third kappa shape index (κ3) is 5.81. The Hall–Kier alpha value is -4.05. The molecule has 0 saturated heterocycles. The summed E-state index contributed by atoms with van der Waals surface area (Å²) in [6.45, 7) is 7.82. The van der Waals surface area contributed by atoms with Crippen LogP contribution in [0.5, 0.6) is 5.88 Å². The van der Waals surface area contributed by atoms with E-state index < -0.39 is 45.9 Å². The monoisotopic (exact) mass is 613 g/mol. The number of hydrogen-bond donors (Lipinski definition) is 1. The Morgan fingerprint density at radius 2 is 1.81 bits per heavy atom. The molecule has 0 aromatic carbocycles. The van der Waals surface area contributed by atoms with Crippen molar-refractivity contribution >= 4 is 23.6 Å². The molecular weight excluding hydrogens is 584 g/mol. The maximum Gasteiger partial charge on any atom is 0.244 e. The fourth-order valence-corrected chi connectivity index (χ4v) is 6.05. The van der Waals surface area contributed by atoms with Crippen molar-refractivity contribution in [3.8, 4) is 39.8 Å². The molecule has 0 aliphatic carbocycles.